The Bertz CT molecular complexity index is 302. The summed E-state index contributed by atoms with van der Waals surface area (Å²) in [5.41, 5.74) is 0. The van der Waals surface area contributed by atoms with Gasteiger partial charge in [0.1, 0.15) is 6.61 Å². The molecule has 1 saturated heterocycles. The van der Waals surface area contributed by atoms with Crippen LogP contribution >= 0.6 is 9.39 Å². The normalized spacial score (nSPS) is 20.6. The van der Waals surface area contributed by atoms with Crippen molar-refractivity contribution in [3.63, 3.8) is 0 Å². The van der Waals surface area contributed by atoms with Crippen LogP contribution in [0.15, 0.2) is 12.7 Å². The number of nitrogens with zero attached hydrogens (tertiary/aromatic N) is 1. The molecule has 0 aromatic carbocycles. The van der Waals surface area contributed by atoms with E-state index < -0.39 is 24.1 Å². The van der Waals surface area contributed by atoms with Crippen LogP contribution in [0.2, 0.25) is 0 Å². The van der Waals surface area contributed by atoms with Gasteiger partial charge in [0.25, 0.3) is 0 Å². The Morgan fingerprint density at radius 2 is 2.36 bits per heavy atom. The number of ether oxygens (including phenoxy) is 2. The number of hydrogen-bond donors (Lipinski definition) is 0. The van der Waals surface area contributed by atoms with E-state index in [4.69, 9.17) is 0 Å². The van der Waals surface area contributed by atoms with Crippen LogP contribution in [0.25, 0.3) is 0 Å². The highest BCUT2D eigenvalue weighted by Gasteiger charge is 2.45. The van der Waals surface area contributed by atoms with Gasteiger partial charge in [0.2, 0.25) is 6.04 Å². The fourth-order valence-electron chi connectivity index (χ4n) is 0.843. The molecule has 1 aliphatic heterocycles. The standard InChI is InChI=1S/C7H8NO5P/c1-2-3-12-5(9)4-6(10)13-7(11)8(4)14/h2,4H,1,3,14H2/t4-/m0/s1. The molecule has 1 amide bonds. The van der Waals surface area contributed by atoms with Crippen molar-refractivity contribution < 1.29 is 23.9 Å². The van der Waals surface area contributed by atoms with Gasteiger partial charge in [0.15, 0.2) is 0 Å². The molecule has 1 unspecified atom stereocenters. The zero-order valence-electron chi connectivity index (χ0n) is 7.13. The fourth-order valence-corrected chi connectivity index (χ4v) is 1.14. The lowest BCUT2D eigenvalue weighted by molar-refractivity contribution is -0.151. The topological polar surface area (TPSA) is 72.9 Å². The third-order valence-corrected chi connectivity index (χ3v) is 1.98. The molecule has 0 bridgehead atoms. The number of carbonyl (C=O) groups excluding carboxylic acids is 3. The van der Waals surface area contributed by atoms with Gasteiger partial charge in [-0.25, -0.2) is 14.4 Å². The van der Waals surface area contributed by atoms with E-state index in [1.54, 1.807) is 0 Å². The monoisotopic (exact) mass is 217 g/mol. The maximum atomic E-state index is 11.2. The Labute approximate surface area is 82.1 Å². The second-order valence-electron chi connectivity index (χ2n) is 2.42. The molecule has 0 aromatic heterocycles. The summed E-state index contributed by atoms with van der Waals surface area (Å²) in [4.78, 5) is 33.0. The Morgan fingerprint density at radius 3 is 2.79 bits per heavy atom. The third kappa shape index (κ3) is 1.90. The average molecular weight is 217 g/mol. The van der Waals surface area contributed by atoms with Crippen LogP contribution in [0.3, 0.4) is 0 Å². The van der Waals surface area contributed by atoms with Crippen molar-refractivity contribution in [3.05, 3.63) is 12.7 Å². The van der Waals surface area contributed by atoms with Crippen LogP contribution in [0.5, 0.6) is 0 Å². The zero-order valence-corrected chi connectivity index (χ0v) is 8.29. The summed E-state index contributed by atoms with van der Waals surface area (Å²) in [6.07, 6.45) is 0.466. The summed E-state index contributed by atoms with van der Waals surface area (Å²) < 4.78 is 9.59. The molecule has 76 valence electrons. The highest BCUT2D eigenvalue weighted by Crippen LogP contribution is 2.19. The lowest BCUT2D eigenvalue weighted by atomic mass is 10.3. The van der Waals surface area contributed by atoms with Crippen LogP contribution < -0.4 is 0 Å². The molecule has 0 radical (unpaired) electrons. The molecule has 7 heteroatoms. The van der Waals surface area contributed by atoms with E-state index in [2.05, 4.69) is 16.1 Å². The first-order valence-electron chi connectivity index (χ1n) is 3.65. The molecular weight excluding hydrogens is 209 g/mol. The van der Waals surface area contributed by atoms with Crippen LogP contribution in [0.1, 0.15) is 0 Å². The molecule has 6 nitrogen and oxygen atoms in total. The first-order valence-corrected chi connectivity index (χ1v) is 4.16. The van der Waals surface area contributed by atoms with Gasteiger partial charge in [0.05, 0.1) is 0 Å². The van der Waals surface area contributed by atoms with Gasteiger partial charge in [-0.2, -0.15) is 0 Å². The molecule has 0 aliphatic carbocycles. The highest BCUT2D eigenvalue weighted by molar-refractivity contribution is 7.15. The maximum Gasteiger partial charge on any atom is 0.421 e. The van der Waals surface area contributed by atoms with Gasteiger partial charge in [-0.15, -0.1) is 0 Å². The molecule has 0 aromatic rings. The molecule has 2 atom stereocenters. The number of hydrogen-bond acceptors (Lipinski definition) is 5. The fraction of sp³-hybridized carbons (Fsp3) is 0.286. The first kappa shape index (κ1) is 10.7. The predicted octanol–water partition coefficient (Wildman–Crippen LogP) is -0.147. The van der Waals surface area contributed by atoms with Crippen LogP contribution in [-0.4, -0.2) is 35.4 Å². The summed E-state index contributed by atoms with van der Waals surface area (Å²) >= 11 is 0. The number of cyclic esters (lactones) is 2. The number of amides is 1. The van der Waals surface area contributed by atoms with E-state index in [-0.39, 0.29) is 6.61 Å². The minimum Gasteiger partial charge on any atom is -0.459 e. The Kier molecular flexibility index (Phi) is 3.19. The summed E-state index contributed by atoms with van der Waals surface area (Å²) in [5, 5.41) is 0. The Hall–Kier alpha value is -1.42. The van der Waals surface area contributed by atoms with Gasteiger partial charge in [-0.1, -0.05) is 12.7 Å². The molecule has 1 fully saturated rings. The Morgan fingerprint density at radius 1 is 1.71 bits per heavy atom. The zero-order chi connectivity index (χ0) is 10.7. The van der Waals surface area contributed by atoms with E-state index in [0.717, 1.165) is 4.67 Å². The summed E-state index contributed by atoms with van der Waals surface area (Å²) in [7, 11) is 1.92. The molecule has 14 heavy (non-hydrogen) atoms. The summed E-state index contributed by atoms with van der Waals surface area (Å²) in [6, 6.07) is -1.33. The van der Waals surface area contributed by atoms with Crippen molar-refractivity contribution in [1.82, 2.24) is 4.67 Å². The molecule has 0 spiro atoms. The SMILES string of the molecule is C=CCOC(=O)[C@H]1C(=O)OC(=O)N1P. The van der Waals surface area contributed by atoms with E-state index in [9.17, 15) is 14.4 Å². The number of carbonyl (C=O) groups is 3. The van der Waals surface area contributed by atoms with Gasteiger partial charge >= 0.3 is 18.0 Å². The lowest BCUT2D eigenvalue weighted by Crippen LogP contribution is -2.36. The van der Waals surface area contributed by atoms with Crippen molar-refractivity contribution >= 4 is 27.4 Å². The van der Waals surface area contributed by atoms with Gasteiger partial charge < -0.3 is 9.47 Å². The quantitative estimate of drug-likeness (QED) is 0.284. The highest BCUT2D eigenvalue weighted by atomic mass is 31.0. The van der Waals surface area contributed by atoms with Crippen molar-refractivity contribution in [2.75, 3.05) is 6.61 Å². The Balaban J connectivity index is 2.67. The van der Waals surface area contributed by atoms with E-state index >= 15 is 0 Å². The van der Waals surface area contributed by atoms with Crippen molar-refractivity contribution in [2.45, 2.75) is 6.04 Å². The summed E-state index contributed by atoms with van der Waals surface area (Å²) in [6.45, 7) is 3.31. The van der Waals surface area contributed by atoms with E-state index in [0.29, 0.717) is 0 Å². The smallest absolute Gasteiger partial charge is 0.421 e. The maximum absolute atomic E-state index is 11.2. The second-order valence-corrected chi connectivity index (χ2v) is 2.97. The molecular formula is C7H8NO5P. The lowest BCUT2D eigenvalue weighted by Gasteiger charge is -2.11. The van der Waals surface area contributed by atoms with Crippen LogP contribution in [-0.2, 0) is 19.1 Å². The molecule has 1 rings (SSSR count). The first-order chi connectivity index (χ1) is 6.57. The summed E-state index contributed by atoms with van der Waals surface area (Å²) in [5.74, 6) is -1.77. The molecule has 1 heterocycles. The van der Waals surface area contributed by atoms with Crippen molar-refractivity contribution in [1.29, 1.82) is 0 Å². The van der Waals surface area contributed by atoms with Crippen LogP contribution in [0, 0.1) is 0 Å². The number of rotatable bonds is 3. The largest absolute Gasteiger partial charge is 0.459 e. The van der Waals surface area contributed by atoms with Gasteiger partial charge in [-0.3, -0.25) is 4.67 Å². The number of esters is 2. The van der Waals surface area contributed by atoms with Crippen LogP contribution in [0.4, 0.5) is 4.79 Å². The predicted molar refractivity (Wildman–Crippen MR) is 48.0 cm³/mol. The van der Waals surface area contributed by atoms with Gasteiger partial charge in [-0.05, 0) is 9.39 Å². The third-order valence-electron chi connectivity index (χ3n) is 1.47. The van der Waals surface area contributed by atoms with Gasteiger partial charge in [0, 0.05) is 0 Å². The van der Waals surface area contributed by atoms with E-state index in [1.807, 2.05) is 9.39 Å². The van der Waals surface area contributed by atoms with Crippen molar-refractivity contribution in [2.24, 2.45) is 0 Å². The second kappa shape index (κ2) is 4.19. The molecule has 0 N–H and O–H groups in total. The minimum absolute atomic E-state index is 0.0185. The van der Waals surface area contributed by atoms with E-state index in [1.165, 1.54) is 6.08 Å². The average Bonchev–Trinajstić information content (AvgIpc) is 2.38. The van der Waals surface area contributed by atoms with Crippen molar-refractivity contribution in [3.8, 4) is 0 Å². The minimum atomic E-state index is -1.33. The molecule has 0 saturated carbocycles. The molecule has 1 aliphatic rings.